The van der Waals surface area contributed by atoms with Gasteiger partial charge in [-0.3, -0.25) is 0 Å². The molecule has 0 bridgehead atoms. The number of carbonyl (C=O) groups excluding carboxylic acids is 1. The minimum atomic E-state index is -0.276. The summed E-state index contributed by atoms with van der Waals surface area (Å²) in [6.07, 6.45) is 2.34. The summed E-state index contributed by atoms with van der Waals surface area (Å²) >= 11 is 0. The van der Waals surface area contributed by atoms with Crippen LogP contribution in [0.2, 0.25) is 0 Å². The van der Waals surface area contributed by atoms with Crippen LogP contribution in [0, 0.1) is 0 Å². The summed E-state index contributed by atoms with van der Waals surface area (Å²) in [6.45, 7) is 1.33. The first-order chi connectivity index (χ1) is 11.2. The van der Waals surface area contributed by atoms with Crippen molar-refractivity contribution in [2.24, 2.45) is 0 Å². The second-order valence-electron chi connectivity index (χ2n) is 6.24. The lowest BCUT2D eigenvalue weighted by Gasteiger charge is -2.38. The van der Waals surface area contributed by atoms with Crippen LogP contribution in [0.3, 0.4) is 0 Å². The fourth-order valence-electron chi connectivity index (χ4n) is 3.40. The summed E-state index contributed by atoms with van der Waals surface area (Å²) < 4.78 is 11.6. The number of piperidine rings is 1. The van der Waals surface area contributed by atoms with E-state index in [1.807, 2.05) is 36.4 Å². The summed E-state index contributed by atoms with van der Waals surface area (Å²) in [7, 11) is 0. The van der Waals surface area contributed by atoms with Crippen molar-refractivity contribution < 1.29 is 14.3 Å². The van der Waals surface area contributed by atoms with Gasteiger partial charge in [0, 0.05) is 32.4 Å². The Morgan fingerprint density at radius 2 is 1.70 bits per heavy atom. The third-order valence-corrected chi connectivity index (χ3v) is 4.69. The molecule has 1 fully saturated rings. The fraction of sp³-hybridized carbons (Fsp3) is 0.316. The molecule has 4 rings (SSSR count). The Balaban J connectivity index is 1.37. The van der Waals surface area contributed by atoms with Crippen molar-refractivity contribution in [1.29, 1.82) is 0 Å². The molecule has 2 aliphatic rings. The number of benzene rings is 2. The molecule has 0 radical (unpaired) electrons. The number of amides is 1. The van der Waals surface area contributed by atoms with Gasteiger partial charge in [-0.2, -0.15) is 0 Å². The van der Waals surface area contributed by atoms with E-state index in [0.29, 0.717) is 18.8 Å². The average molecular weight is 309 g/mol. The topological polar surface area (TPSA) is 38.8 Å². The summed E-state index contributed by atoms with van der Waals surface area (Å²) in [5, 5.41) is 0. The van der Waals surface area contributed by atoms with Crippen LogP contribution in [0.4, 0.5) is 4.79 Å². The second-order valence-corrected chi connectivity index (χ2v) is 6.24. The number of likely N-dealkylation sites (tertiary alicyclic amines) is 1. The Kier molecular flexibility index (Phi) is 3.45. The monoisotopic (exact) mass is 309 g/mol. The van der Waals surface area contributed by atoms with E-state index in [4.69, 9.17) is 9.47 Å². The lowest BCUT2D eigenvalue weighted by Crippen LogP contribution is -2.49. The van der Waals surface area contributed by atoms with Crippen molar-refractivity contribution in [3.8, 4) is 11.5 Å². The molecular weight excluding hydrogens is 290 g/mol. The lowest BCUT2D eigenvalue weighted by molar-refractivity contribution is 0.0238. The maximum atomic E-state index is 12.3. The smallest absolute Gasteiger partial charge is 0.415 e. The van der Waals surface area contributed by atoms with Crippen LogP contribution in [-0.4, -0.2) is 29.7 Å². The first kappa shape index (κ1) is 14.1. The predicted molar refractivity (Wildman–Crippen MR) is 86.8 cm³/mol. The Morgan fingerprint density at radius 1 is 1.00 bits per heavy atom. The standard InChI is InChI=1S/C19H19NO3/c21-18(22-16-7-2-1-3-8-16)20-12-10-19(11-13-20)14-15-6-4-5-9-17(15)23-19/h1-9H,10-14H2. The Labute approximate surface area is 135 Å². The zero-order valence-corrected chi connectivity index (χ0v) is 12.9. The molecule has 0 atom stereocenters. The summed E-state index contributed by atoms with van der Waals surface area (Å²) in [4.78, 5) is 14.0. The van der Waals surface area contributed by atoms with Crippen LogP contribution in [0.5, 0.6) is 11.5 Å². The molecule has 0 aliphatic carbocycles. The molecule has 1 amide bonds. The number of nitrogens with zero attached hydrogens (tertiary/aromatic N) is 1. The van der Waals surface area contributed by atoms with Crippen molar-refractivity contribution >= 4 is 6.09 Å². The highest BCUT2D eigenvalue weighted by Crippen LogP contribution is 2.40. The van der Waals surface area contributed by atoms with Crippen LogP contribution in [0.25, 0.3) is 0 Å². The lowest BCUT2D eigenvalue weighted by atomic mass is 9.87. The molecule has 4 heteroatoms. The van der Waals surface area contributed by atoms with E-state index in [0.717, 1.165) is 25.0 Å². The Bertz CT molecular complexity index is 679. The van der Waals surface area contributed by atoms with Crippen LogP contribution in [0.15, 0.2) is 54.6 Å². The summed E-state index contributed by atoms with van der Waals surface area (Å²) in [5.74, 6) is 1.58. The maximum absolute atomic E-state index is 12.3. The van der Waals surface area contributed by atoms with E-state index in [2.05, 4.69) is 6.07 Å². The largest absolute Gasteiger partial charge is 0.487 e. The predicted octanol–water partition coefficient (Wildman–Crippen LogP) is 3.66. The number of carbonyl (C=O) groups is 1. The summed E-state index contributed by atoms with van der Waals surface area (Å²) in [5.41, 5.74) is 1.13. The first-order valence-corrected chi connectivity index (χ1v) is 8.03. The molecule has 2 heterocycles. The molecular formula is C19H19NO3. The number of rotatable bonds is 1. The van der Waals surface area contributed by atoms with Crippen molar-refractivity contribution in [1.82, 2.24) is 4.90 Å². The molecule has 4 nitrogen and oxygen atoms in total. The van der Waals surface area contributed by atoms with E-state index in [9.17, 15) is 4.79 Å². The maximum Gasteiger partial charge on any atom is 0.415 e. The average Bonchev–Trinajstić information content (AvgIpc) is 2.94. The van der Waals surface area contributed by atoms with Crippen molar-refractivity contribution in [2.75, 3.05) is 13.1 Å². The number of para-hydroxylation sites is 2. The Morgan fingerprint density at radius 3 is 2.43 bits per heavy atom. The van der Waals surface area contributed by atoms with E-state index in [1.54, 1.807) is 17.0 Å². The van der Waals surface area contributed by atoms with Gasteiger partial charge in [0.05, 0.1) is 0 Å². The molecule has 1 saturated heterocycles. The summed E-state index contributed by atoms with van der Waals surface area (Å²) in [6, 6.07) is 17.4. The molecule has 0 unspecified atom stereocenters. The number of hydrogen-bond acceptors (Lipinski definition) is 3. The minimum Gasteiger partial charge on any atom is -0.487 e. The molecule has 0 N–H and O–H groups in total. The second kappa shape index (κ2) is 5.61. The highest BCUT2D eigenvalue weighted by atomic mass is 16.6. The molecule has 2 aliphatic heterocycles. The number of hydrogen-bond donors (Lipinski definition) is 0. The zero-order chi connectivity index (χ0) is 15.7. The highest BCUT2D eigenvalue weighted by Gasteiger charge is 2.42. The van der Waals surface area contributed by atoms with Crippen molar-refractivity contribution in [3.05, 3.63) is 60.2 Å². The van der Waals surface area contributed by atoms with Gasteiger partial charge in [0.1, 0.15) is 17.1 Å². The molecule has 23 heavy (non-hydrogen) atoms. The van der Waals surface area contributed by atoms with Gasteiger partial charge >= 0.3 is 6.09 Å². The van der Waals surface area contributed by atoms with Gasteiger partial charge in [0.15, 0.2) is 0 Å². The molecule has 2 aromatic rings. The molecule has 0 aromatic heterocycles. The molecule has 0 saturated carbocycles. The van der Waals surface area contributed by atoms with Gasteiger partial charge in [-0.1, -0.05) is 36.4 Å². The third kappa shape index (κ3) is 2.77. The van der Waals surface area contributed by atoms with Crippen LogP contribution >= 0.6 is 0 Å². The minimum absolute atomic E-state index is 0.146. The van der Waals surface area contributed by atoms with Gasteiger partial charge in [0.2, 0.25) is 0 Å². The van der Waals surface area contributed by atoms with Gasteiger partial charge in [-0.25, -0.2) is 4.79 Å². The van der Waals surface area contributed by atoms with Crippen LogP contribution in [0.1, 0.15) is 18.4 Å². The Hall–Kier alpha value is -2.49. The van der Waals surface area contributed by atoms with Crippen molar-refractivity contribution in [2.45, 2.75) is 24.9 Å². The molecule has 2 aromatic carbocycles. The SMILES string of the molecule is O=C(Oc1ccccc1)N1CCC2(CC1)Cc1ccccc1O2. The highest BCUT2D eigenvalue weighted by molar-refractivity contribution is 5.70. The van der Waals surface area contributed by atoms with Gasteiger partial charge in [-0.15, -0.1) is 0 Å². The molecule has 1 spiro atoms. The number of fused-ring (bicyclic) bond motifs is 1. The van der Waals surface area contributed by atoms with E-state index < -0.39 is 0 Å². The van der Waals surface area contributed by atoms with Gasteiger partial charge in [0.25, 0.3) is 0 Å². The third-order valence-electron chi connectivity index (χ3n) is 4.69. The number of ether oxygens (including phenoxy) is 2. The quantitative estimate of drug-likeness (QED) is 0.807. The first-order valence-electron chi connectivity index (χ1n) is 8.03. The fourth-order valence-corrected chi connectivity index (χ4v) is 3.40. The molecule has 118 valence electrons. The van der Waals surface area contributed by atoms with Crippen LogP contribution < -0.4 is 9.47 Å². The van der Waals surface area contributed by atoms with E-state index in [1.165, 1.54) is 5.56 Å². The van der Waals surface area contributed by atoms with E-state index >= 15 is 0 Å². The van der Waals surface area contributed by atoms with Crippen molar-refractivity contribution in [3.63, 3.8) is 0 Å². The zero-order valence-electron chi connectivity index (χ0n) is 12.9. The normalized spacial score (nSPS) is 18.3. The van der Waals surface area contributed by atoms with Crippen LogP contribution in [-0.2, 0) is 6.42 Å². The van der Waals surface area contributed by atoms with E-state index in [-0.39, 0.29) is 11.7 Å². The van der Waals surface area contributed by atoms with Gasteiger partial charge in [-0.05, 0) is 23.8 Å². The van der Waals surface area contributed by atoms with Gasteiger partial charge < -0.3 is 14.4 Å².